The number of hydrogen-bond donors (Lipinski definition) is 3. The van der Waals surface area contributed by atoms with E-state index in [1.54, 1.807) is 7.05 Å². The second-order valence-electron chi connectivity index (χ2n) is 5.55. The molecule has 0 aliphatic heterocycles. The van der Waals surface area contributed by atoms with Gasteiger partial charge in [-0.25, -0.2) is 0 Å². The monoisotopic (exact) mass is 446 g/mol. The molecular weight excluding hydrogens is 415 g/mol. The van der Waals surface area contributed by atoms with Crippen LogP contribution in [0.3, 0.4) is 0 Å². The molecule has 136 valence electrons. The van der Waals surface area contributed by atoms with Gasteiger partial charge in [-0.2, -0.15) is 0 Å². The Labute approximate surface area is 163 Å². The lowest BCUT2D eigenvalue weighted by Gasteiger charge is -2.16. The first kappa shape index (κ1) is 22.7. The van der Waals surface area contributed by atoms with E-state index < -0.39 is 0 Å². The lowest BCUT2D eigenvalue weighted by molar-refractivity contribution is 0.0956. The van der Waals surface area contributed by atoms with Gasteiger partial charge in [0.2, 0.25) is 0 Å². The van der Waals surface area contributed by atoms with Crippen LogP contribution in [-0.4, -0.2) is 32.0 Å². The lowest BCUT2D eigenvalue weighted by Crippen LogP contribution is -2.39. The van der Waals surface area contributed by atoms with Crippen LogP contribution >= 0.6 is 24.0 Å². The molecule has 0 unspecified atom stereocenters. The number of hydrogen-bond acceptors (Lipinski definition) is 2. The van der Waals surface area contributed by atoms with Gasteiger partial charge >= 0.3 is 0 Å². The summed E-state index contributed by atoms with van der Waals surface area (Å²) in [5.41, 5.74) is 1.80. The van der Waals surface area contributed by atoms with E-state index in [0.717, 1.165) is 18.1 Å². The molecule has 0 bridgehead atoms. The summed E-state index contributed by atoms with van der Waals surface area (Å²) in [4.78, 5) is 16.0. The van der Waals surface area contributed by atoms with E-state index in [2.05, 4.69) is 34.8 Å². The molecule has 0 aliphatic rings. The Kier molecular flexibility index (Phi) is 12.3. The molecule has 0 atom stereocenters. The van der Waals surface area contributed by atoms with Gasteiger partial charge in [-0.15, -0.1) is 24.0 Å². The molecule has 0 aromatic heterocycles. The van der Waals surface area contributed by atoms with Crippen LogP contribution in [0.25, 0.3) is 0 Å². The Bertz CT molecular complexity index is 498. The third-order valence-electron chi connectivity index (χ3n) is 3.95. The van der Waals surface area contributed by atoms with Crippen molar-refractivity contribution in [1.82, 2.24) is 16.0 Å². The maximum atomic E-state index is 11.7. The van der Waals surface area contributed by atoms with E-state index in [1.165, 1.54) is 12.8 Å². The zero-order chi connectivity index (χ0) is 17.1. The summed E-state index contributed by atoms with van der Waals surface area (Å²) >= 11 is 0. The Balaban J connectivity index is 0.00000529. The van der Waals surface area contributed by atoms with Gasteiger partial charge in [0.15, 0.2) is 5.96 Å². The van der Waals surface area contributed by atoms with Gasteiger partial charge in [0, 0.05) is 32.2 Å². The second-order valence-corrected chi connectivity index (χ2v) is 5.55. The molecule has 0 heterocycles. The van der Waals surface area contributed by atoms with Crippen molar-refractivity contribution in [2.45, 2.75) is 40.2 Å². The Morgan fingerprint density at radius 2 is 1.67 bits per heavy atom. The van der Waals surface area contributed by atoms with Gasteiger partial charge < -0.3 is 16.0 Å². The lowest BCUT2D eigenvalue weighted by atomic mass is 10.0. The topological polar surface area (TPSA) is 65.5 Å². The van der Waals surface area contributed by atoms with E-state index in [1.807, 2.05) is 31.2 Å². The number of halogens is 1. The van der Waals surface area contributed by atoms with Gasteiger partial charge in [-0.05, 0) is 30.5 Å². The van der Waals surface area contributed by atoms with Crippen molar-refractivity contribution in [2.24, 2.45) is 10.9 Å². The Morgan fingerprint density at radius 1 is 1.04 bits per heavy atom. The highest BCUT2D eigenvalue weighted by Gasteiger charge is 2.06. The van der Waals surface area contributed by atoms with Crippen LogP contribution in [0.5, 0.6) is 0 Å². The highest BCUT2D eigenvalue weighted by molar-refractivity contribution is 14.0. The smallest absolute Gasteiger partial charge is 0.251 e. The van der Waals surface area contributed by atoms with Gasteiger partial charge in [-0.3, -0.25) is 9.79 Å². The van der Waals surface area contributed by atoms with Gasteiger partial charge in [0.1, 0.15) is 0 Å². The molecule has 0 spiro atoms. The maximum absolute atomic E-state index is 11.7. The first-order valence-electron chi connectivity index (χ1n) is 8.46. The summed E-state index contributed by atoms with van der Waals surface area (Å²) in [6, 6.07) is 7.63. The van der Waals surface area contributed by atoms with Crippen molar-refractivity contribution in [3.05, 3.63) is 35.4 Å². The summed E-state index contributed by atoms with van der Waals surface area (Å²) in [7, 11) is 1.78. The van der Waals surface area contributed by atoms with E-state index in [-0.39, 0.29) is 29.9 Å². The van der Waals surface area contributed by atoms with Crippen LogP contribution in [0.15, 0.2) is 29.3 Å². The normalized spacial score (nSPS) is 11.0. The number of amides is 1. The highest BCUT2D eigenvalue weighted by Crippen LogP contribution is 2.06. The third kappa shape index (κ3) is 7.99. The molecule has 24 heavy (non-hydrogen) atoms. The summed E-state index contributed by atoms with van der Waals surface area (Å²) in [6.07, 6.45) is 2.34. The fourth-order valence-electron chi connectivity index (χ4n) is 2.26. The minimum atomic E-state index is -0.0327. The maximum Gasteiger partial charge on any atom is 0.251 e. The number of carbonyl (C=O) groups is 1. The summed E-state index contributed by atoms with van der Waals surface area (Å²) in [6.45, 7) is 8.59. The largest absolute Gasteiger partial charge is 0.356 e. The minimum absolute atomic E-state index is 0. The van der Waals surface area contributed by atoms with Crippen LogP contribution in [0.2, 0.25) is 0 Å². The first-order chi connectivity index (χ1) is 11.1. The predicted octanol–water partition coefficient (Wildman–Crippen LogP) is 3.16. The third-order valence-corrected chi connectivity index (χ3v) is 3.95. The van der Waals surface area contributed by atoms with Crippen molar-refractivity contribution in [3.63, 3.8) is 0 Å². The standard InChI is InChI=1S/C18H30N4O.HI/c1-5-14(6-2)12-21-18(19-4)22-13-15-8-10-16(11-9-15)17(23)20-7-3;/h8-11,14H,5-7,12-13H2,1-4H3,(H,20,23)(H2,19,21,22);1H. The van der Waals surface area contributed by atoms with Crippen molar-refractivity contribution in [1.29, 1.82) is 0 Å². The average Bonchev–Trinajstić information content (AvgIpc) is 2.59. The van der Waals surface area contributed by atoms with E-state index in [0.29, 0.717) is 24.6 Å². The molecule has 0 saturated carbocycles. The molecule has 1 aromatic carbocycles. The van der Waals surface area contributed by atoms with Crippen molar-refractivity contribution >= 4 is 35.8 Å². The Morgan fingerprint density at radius 3 is 2.17 bits per heavy atom. The van der Waals surface area contributed by atoms with E-state index in [9.17, 15) is 4.79 Å². The minimum Gasteiger partial charge on any atom is -0.356 e. The Hall–Kier alpha value is -1.31. The SMILES string of the molecule is CCNC(=O)c1ccc(CNC(=NC)NCC(CC)CC)cc1.I. The molecule has 0 saturated heterocycles. The van der Waals surface area contributed by atoms with Crippen molar-refractivity contribution in [3.8, 4) is 0 Å². The average molecular weight is 446 g/mol. The molecule has 6 heteroatoms. The van der Waals surface area contributed by atoms with Gasteiger partial charge in [0.05, 0.1) is 0 Å². The van der Waals surface area contributed by atoms with Gasteiger partial charge in [0.25, 0.3) is 5.91 Å². The van der Waals surface area contributed by atoms with Gasteiger partial charge in [-0.1, -0.05) is 38.8 Å². The number of guanidine groups is 1. The molecule has 0 aliphatic carbocycles. The second kappa shape index (κ2) is 13.0. The summed E-state index contributed by atoms with van der Waals surface area (Å²) < 4.78 is 0. The quantitative estimate of drug-likeness (QED) is 0.327. The van der Waals surface area contributed by atoms with Crippen LogP contribution in [-0.2, 0) is 6.54 Å². The first-order valence-corrected chi connectivity index (χ1v) is 8.46. The van der Waals surface area contributed by atoms with Crippen LogP contribution in [0.1, 0.15) is 49.5 Å². The fraction of sp³-hybridized carbons (Fsp3) is 0.556. The molecule has 1 rings (SSSR count). The number of aliphatic imine (C=N–C) groups is 1. The van der Waals surface area contributed by atoms with Crippen molar-refractivity contribution in [2.75, 3.05) is 20.1 Å². The molecule has 5 nitrogen and oxygen atoms in total. The number of benzene rings is 1. The molecular formula is C18H31IN4O. The number of nitrogens with zero attached hydrogens (tertiary/aromatic N) is 1. The zero-order valence-corrected chi connectivity index (χ0v) is 17.5. The number of nitrogens with one attached hydrogen (secondary N) is 3. The van der Waals surface area contributed by atoms with Crippen LogP contribution in [0, 0.1) is 5.92 Å². The molecule has 1 amide bonds. The predicted molar refractivity (Wildman–Crippen MR) is 112 cm³/mol. The molecule has 1 aromatic rings. The van der Waals surface area contributed by atoms with Crippen LogP contribution < -0.4 is 16.0 Å². The molecule has 3 N–H and O–H groups in total. The van der Waals surface area contributed by atoms with E-state index in [4.69, 9.17) is 0 Å². The number of rotatable bonds is 8. The highest BCUT2D eigenvalue weighted by atomic mass is 127. The molecule has 0 radical (unpaired) electrons. The zero-order valence-electron chi connectivity index (χ0n) is 15.2. The number of carbonyl (C=O) groups excluding carboxylic acids is 1. The van der Waals surface area contributed by atoms with Crippen LogP contribution in [0.4, 0.5) is 0 Å². The summed E-state index contributed by atoms with van der Waals surface area (Å²) in [5, 5.41) is 9.46. The van der Waals surface area contributed by atoms with Crippen molar-refractivity contribution < 1.29 is 4.79 Å². The summed E-state index contributed by atoms with van der Waals surface area (Å²) in [5.74, 6) is 1.45. The molecule has 0 fully saturated rings. The van der Waals surface area contributed by atoms with E-state index >= 15 is 0 Å². The fourth-order valence-corrected chi connectivity index (χ4v) is 2.26.